The number of aliphatic hydroxyl groups excluding tert-OH is 1. The summed E-state index contributed by atoms with van der Waals surface area (Å²) in [5, 5.41) is 13.5. The normalized spacial score (nSPS) is 17.4. The molecule has 0 radical (unpaired) electrons. The van der Waals surface area contributed by atoms with Gasteiger partial charge in [0.15, 0.2) is 0 Å². The van der Waals surface area contributed by atoms with Gasteiger partial charge in [0.2, 0.25) is 5.91 Å². The van der Waals surface area contributed by atoms with Crippen LogP contribution in [0.15, 0.2) is 65.4 Å². The Morgan fingerprint density at radius 1 is 1.03 bits per heavy atom. The lowest BCUT2D eigenvalue weighted by Crippen LogP contribution is -2.45. The molecule has 0 aliphatic carbocycles. The molecule has 1 N–H and O–H groups in total. The van der Waals surface area contributed by atoms with Crippen molar-refractivity contribution in [1.82, 2.24) is 9.80 Å². The Hall–Kier alpha value is -3.49. The molecule has 8 heteroatoms. The largest absolute Gasteiger partial charge is 0.395 e. The number of carbonyl (C=O) groups is 3. The number of hydrogen-bond acceptors (Lipinski definition) is 6. The molecule has 1 atom stereocenters. The third-order valence-electron chi connectivity index (χ3n) is 6.91. The standard InChI is InChI=1S/C28H29N3O4S/c32-14-13-30(16-20-6-2-1-3-7-20)26(33)22-8-5-12-29(18-22)24-10-4-9-23-25(24)28(35)31(27(23)34)17-21-11-15-36-19-21/h1-4,6-7,9-11,15,19,22,32H,5,8,12-14,16-18H2/t22-/m0/s1. The number of piperidine rings is 1. The van der Waals surface area contributed by atoms with Gasteiger partial charge in [-0.3, -0.25) is 19.3 Å². The molecule has 5 rings (SSSR count). The van der Waals surface area contributed by atoms with Crippen molar-refractivity contribution in [2.45, 2.75) is 25.9 Å². The maximum Gasteiger partial charge on any atom is 0.263 e. The van der Waals surface area contributed by atoms with E-state index in [-0.39, 0.29) is 43.3 Å². The van der Waals surface area contributed by atoms with Gasteiger partial charge in [-0.2, -0.15) is 11.3 Å². The van der Waals surface area contributed by atoms with Gasteiger partial charge in [-0.05, 0) is 52.9 Å². The lowest BCUT2D eigenvalue weighted by atomic mass is 9.94. The molecular formula is C28H29N3O4S. The summed E-state index contributed by atoms with van der Waals surface area (Å²) in [4.78, 5) is 45.1. The van der Waals surface area contributed by atoms with Crippen LogP contribution in [0.25, 0.3) is 0 Å². The Bertz CT molecular complexity index is 1240. The van der Waals surface area contributed by atoms with Crippen molar-refractivity contribution in [3.05, 3.63) is 87.6 Å². The summed E-state index contributed by atoms with van der Waals surface area (Å²) in [6, 6.07) is 17.1. The van der Waals surface area contributed by atoms with Crippen LogP contribution < -0.4 is 4.90 Å². The molecule has 36 heavy (non-hydrogen) atoms. The number of imide groups is 1. The number of anilines is 1. The van der Waals surface area contributed by atoms with Crippen molar-refractivity contribution in [2.24, 2.45) is 5.92 Å². The quantitative estimate of drug-likeness (QED) is 0.473. The van der Waals surface area contributed by atoms with Crippen molar-refractivity contribution in [3.8, 4) is 0 Å². The van der Waals surface area contributed by atoms with E-state index in [9.17, 15) is 19.5 Å². The molecular weight excluding hydrogens is 474 g/mol. The Labute approximate surface area is 214 Å². The average Bonchev–Trinajstić information content (AvgIpc) is 3.51. The second kappa shape index (κ2) is 10.6. The van der Waals surface area contributed by atoms with Gasteiger partial charge in [0, 0.05) is 26.2 Å². The van der Waals surface area contributed by atoms with Gasteiger partial charge in [0.1, 0.15) is 0 Å². The summed E-state index contributed by atoms with van der Waals surface area (Å²) in [5.41, 5.74) is 3.52. The SMILES string of the molecule is O=C([C@H]1CCCN(c2cccc3c2C(=O)N(Cc2ccsc2)C3=O)C1)N(CCO)Cc1ccccc1. The van der Waals surface area contributed by atoms with E-state index in [1.807, 2.05) is 59.3 Å². The highest BCUT2D eigenvalue weighted by molar-refractivity contribution is 7.07. The van der Waals surface area contributed by atoms with E-state index in [0.29, 0.717) is 36.4 Å². The molecule has 0 spiro atoms. The minimum atomic E-state index is -0.281. The van der Waals surface area contributed by atoms with Gasteiger partial charge in [-0.15, -0.1) is 0 Å². The molecule has 0 bridgehead atoms. The first-order valence-corrected chi connectivity index (χ1v) is 13.2. The zero-order valence-corrected chi connectivity index (χ0v) is 20.8. The van der Waals surface area contributed by atoms with E-state index in [1.165, 1.54) is 16.2 Å². The van der Waals surface area contributed by atoms with E-state index in [4.69, 9.17) is 0 Å². The van der Waals surface area contributed by atoms with Crippen molar-refractivity contribution in [3.63, 3.8) is 0 Å². The zero-order valence-electron chi connectivity index (χ0n) is 20.0. The number of carbonyl (C=O) groups excluding carboxylic acids is 3. The molecule has 3 amide bonds. The molecule has 1 aromatic heterocycles. The Balaban J connectivity index is 1.35. The summed E-state index contributed by atoms with van der Waals surface area (Å²) in [5.74, 6) is -0.799. The molecule has 7 nitrogen and oxygen atoms in total. The highest BCUT2D eigenvalue weighted by Gasteiger charge is 2.39. The minimum Gasteiger partial charge on any atom is -0.395 e. The number of amides is 3. The topological polar surface area (TPSA) is 81.2 Å². The van der Waals surface area contributed by atoms with Crippen molar-refractivity contribution < 1.29 is 19.5 Å². The Morgan fingerprint density at radius 2 is 1.86 bits per heavy atom. The second-order valence-corrected chi connectivity index (χ2v) is 10.1. The van der Waals surface area contributed by atoms with Gasteiger partial charge < -0.3 is 14.9 Å². The van der Waals surface area contributed by atoms with Crippen molar-refractivity contribution >= 4 is 34.7 Å². The number of rotatable bonds is 8. The smallest absolute Gasteiger partial charge is 0.263 e. The van der Waals surface area contributed by atoms with E-state index < -0.39 is 0 Å². The van der Waals surface area contributed by atoms with Crippen LogP contribution in [-0.4, -0.2) is 58.9 Å². The molecule has 2 aromatic carbocycles. The maximum absolute atomic E-state index is 13.5. The lowest BCUT2D eigenvalue weighted by Gasteiger charge is -2.36. The Kier molecular flexibility index (Phi) is 7.16. The van der Waals surface area contributed by atoms with Crippen LogP contribution in [0, 0.1) is 5.92 Å². The monoisotopic (exact) mass is 503 g/mol. The first-order chi connectivity index (χ1) is 17.6. The van der Waals surface area contributed by atoms with E-state index in [1.54, 1.807) is 11.0 Å². The van der Waals surface area contributed by atoms with Crippen LogP contribution in [0.2, 0.25) is 0 Å². The fourth-order valence-corrected chi connectivity index (χ4v) is 5.80. The number of nitrogens with zero attached hydrogens (tertiary/aromatic N) is 3. The Morgan fingerprint density at radius 3 is 2.61 bits per heavy atom. The number of aliphatic hydroxyl groups is 1. The van der Waals surface area contributed by atoms with Gasteiger partial charge in [-0.1, -0.05) is 36.4 Å². The zero-order chi connectivity index (χ0) is 25.1. The maximum atomic E-state index is 13.5. The van der Waals surface area contributed by atoms with Crippen LogP contribution in [-0.2, 0) is 17.9 Å². The molecule has 3 heterocycles. The molecule has 2 aliphatic heterocycles. The molecule has 0 saturated carbocycles. The molecule has 2 aliphatic rings. The van der Waals surface area contributed by atoms with E-state index >= 15 is 0 Å². The predicted molar refractivity (Wildman–Crippen MR) is 139 cm³/mol. The van der Waals surface area contributed by atoms with Gasteiger partial charge >= 0.3 is 0 Å². The van der Waals surface area contributed by atoms with Crippen LogP contribution in [0.5, 0.6) is 0 Å². The number of hydrogen-bond donors (Lipinski definition) is 1. The lowest BCUT2D eigenvalue weighted by molar-refractivity contribution is -0.137. The molecule has 1 fully saturated rings. The molecule has 1 saturated heterocycles. The van der Waals surface area contributed by atoms with Gasteiger partial charge in [0.05, 0.1) is 35.9 Å². The number of thiophene rings is 1. The fourth-order valence-electron chi connectivity index (χ4n) is 5.14. The fraction of sp³-hybridized carbons (Fsp3) is 0.321. The summed E-state index contributed by atoms with van der Waals surface area (Å²) < 4.78 is 0. The molecule has 3 aromatic rings. The van der Waals surface area contributed by atoms with Crippen LogP contribution >= 0.6 is 11.3 Å². The average molecular weight is 504 g/mol. The van der Waals surface area contributed by atoms with Crippen LogP contribution in [0.3, 0.4) is 0 Å². The first kappa shape index (κ1) is 24.2. The third kappa shape index (κ3) is 4.79. The van der Waals surface area contributed by atoms with Gasteiger partial charge in [0.25, 0.3) is 11.8 Å². The van der Waals surface area contributed by atoms with Crippen molar-refractivity contribution in [2.75, 3.05) is 31.1 Å². The predicted octanol–water partition coefficient (Wildman–Crippen LogP) is 3.78. The summed E-state index contributed by atoms with van der Waals surface area (Å²) in [7, 11) is 0. The number of fused-ring (bicyclic) bond motifs is 1. The molecule has 0 unspecified atom stereocenters. The molecule has 186 valence electrons. The van der Waals surface area contributed by atoms with Crippen LogP contribution in [0.1, 0.15) is 44.7 Å². The second-order valence-electron chi connectivity index (χ2n) is 9.28. The van der Waals surface area contributed by atoms with Gasteiger partial charge in [-0.25, -0.2) is 0 Å². The highest BCUT2D eigenvalue weighted by Crippen LogP contribution is 2.35. The number of benzene rings is 2. The van der Waals surface area contributed by atoms with Crippen LogP contribution in [0.4, 0.5) is 5.69 Å². The van der Waals surface area contributed by atoms with E-state index in [0.717, 1.165) is 24.0 Å². The first-order valence-electron chi connectivity index (χ1n) is 12.3. The van der Waals surface area contributed by atoms with E-state index in [2.05, 4.69) is 4.90 Å². The van der Waals surface area contributed by atoms with Crippen molar-refractivity contribution in [1.29, 1.82) is 0 Å². The highest BCUT2D eigenvalue weighted by atomic mass is 32.1. The summed E-state index contributed by atoms with van der Waals surface area (Å²) in [6.45, 7) is 2.06. The third-order valence-corrected chi connectivity index (χ3v) is 7.64. The summed E-state index contributed by atoms with van der Waals surface area (Å²) >= 11 is 1.54. The minimum absolute atomic E-state index is 0.00617. The summed E-state index contributed by atoms with van der Waals surface area (Å²) in [6.07, 6.45) is 1.55.